The maximum absolute atomic E-state index is 13.1. The molecule has 3 aromatic carbocycles. The maximum atomic E-state index is 13.1. The highest BCUT2D eigenvalue weighted by atomic mass is 16.5. The molecule has 1 fully saturated rings. The smallest absolute Gasteiger partial charge is 0.338 e. The molecular formula is C26H26N2O4. The topological polar surface area (TPSA) is 75.7 Å². The van der Waals surface area contributed by atoms with Gasteiger partial charge in [-0.05, 0) is 60.9 Å². The molecule has 0 bridgehead atoms. The number of benzene rings is 3. The normalized spacial score (nSPS) is 14.2. The summed E-state index contributed by atoms with van der Waals surface area (Å²) in [5.41, 5.74) is 1.79. The molecule has 0 aromatic heterocycles. The fraction of sp³-hybridized carbons (Fsp3) is 0.269. The van der Waals surface area contributed by atoms with E-state index >= 15 is 0 Å². The SMILES string of the molecule is CCOC(=O)c1ccc(NC(=O)C2CCN(C(=O)c3cccc4ccccc34)CC2)cc1. The minimum atomic E-state index is -0.381. The van der Waals surface area contributed by atoms with Crippen LogP contribution in [0.3, 0.4) is 0 Å². The molecule has 1 aliphatic heterocycles. The molecule has 1 saturated heterocycles. The summed E-state index contributed by atoms with van der Waals surface area (Å²) in [6.45, 7) is 3.16. The van der Waals surface area contributed by atoms with Gasteiger partial charge in [-0.15, -0.1) is 0 Å². The van der Waals surface area contributed by atoms with Crippen LogP contribution in [0.4, 0.5) is 5.69 Å². The van der Waals surface area contributed by atoms with Gasteiger partial charge in [0, 0.05) is 30.3 Å². The largest absolute Gasteiger partial charge is 0.462 e. The summed E-state index contributed by atoms with van der Waals surface area (Å²) in [6.07, 6.45) is 1.23. The van der Waals surface area contributed by atoms with Crippen LogP contribution in [0.1, 0.15) is 40.5 Å². The lowest BCUT2D eigenvalue weighted by molar-refractivity contribution is -0.121. The van der Waals surface area contributed by atoms with E-state index in [2.05, 4.69) is 5.32 Å². The highest BCUT2D eigenvalue weighted by molar-refractivity contribution is 6.07. The zero-order chi connectivity index (χ0) is 22.5. The number of nitrogens with zero attached hydrogens (tertiary/aromatic N) is 1. The first kappa shape index (κ1) is 21.6. The minimum absolute atomic E-state index is 0.00946. The quantitative estimate of drug-likeness (QED) is 0.605. The Kier molecular flexibility index (Phi) is 6.50. The number of piperidine rings is 1. The highest BCUT2D eigenvalue weighted by Crippen LogP contribution is 2.24. The molecule has 1 aliphatic rings. The molecule has 6 nitrogen and oxygen atoms in total. The number of rotatable bonds is 5. The fourth-order valence-corrected chi connectivity index (χ4v) is 4.08. The average molecular weight is 431 g/mol. The van der Waals surface area contributed by atoms with Gasteiger partial charge in [0.25, 0.3) is 5.91 Å². The molecule has 0 atom stereocenters. The molecule has 32 heavy (non-hydrogen) atoms. The van der Waals surface area contributed by atoms with Gasteiger partial charge in [0.2, 0.25) is 5.91 Å². The number of ether oxygens (including phenoxy) is 1. The molecule has 164 valence electrons. The zero-order valence-corrected chi connectivity index (χ0v) is 18.0. The number of amides is 2. The number of carbonyl (C=O) groups excluding carboxylic acids is 3. The summed E-state index contributed by atoms with van der Waals surface area (Å²) >= 11 is 0. The molecule has 0 unspecified atom stereocenters. The number of anilines is 1. The van der Waals surface area contributed by atoms with Crippen LogP contribution in [0.5, 0.6) is 0 Å². The van der Waals surface area contributed by atoms with Crippen molar-refractivity contribution < 1.29 is 19.1 Å². The third-order valence-corrected chi connectivity index (χ3v) is 5.84. The number of hydrogen-bond donors (Lipinski definition) is 1. The van der Waals surface area contributed by atoms with Crippen LogP contribution in [-0.4, -0.2) is 42.4 Å². The molecule has 2 amide bonds. The van der Waals surface area contributed by atoms with Gasteiger partial charge in [-0.3, -0.25) is 9.59 Å². The van der Waals surface area contributed by atoms with E-state index in [1.807, 2.05) is 47.4 Å². The predicted octanol–water partition coefficient (Wildman–Crippen LogP) is 4.51. The predicted molar refractivity (Wildman–Crippen MR) is 124 cm³/mol. The molecule has 3 aromatic rings. The Labute approximate surface area is 187 Å². The molecule has 0 spiro atoms. The van der Waals surface area contributed by atoms with Crippen LogP contribution in [0.15, 0.2) is 66.7 Å². The van der Waals surface area contributed by atoms with Crippen LogP contribution in [0, 0.1) is 5.92 Å². The van der Waals surface area contributed by atoms with E-state index in [4.69, 9.17) is 4.74 Å². The Morgan fingerprint density at radius 1 is 0.938 bits per heavy atom. The first-order chi connectivity index (χ1) is 15.6. The van der Waals surface area contributed by atoms with Gasteiger partial charge in [0.05, 0.1) is 12.2 Å². The summed E-state index contributed by atoms with van der Waals surface area (Å²) < 4.78 is 4.97. The lowest BCUT2D eigenvalue weighted by Crippen LogP contribution is -2.41. The van der Waals surface area contributed by atoms with Crippen LogP contribution in [-0.2, 0) is 9.53 Å². The number of hydrogen-bond acceptors (Lipinski definition) is 4. The summed E-state index contributed by atoms with van der Waals surface area (Å²) in [5.74, 6) is -0.591. The van der Waals surface area contributed by atoms with E-state index in [-0.39, 0.29) is 23.7 Å². The maximum Gasteiger partial charge on any atom is 0.338 e. The summed E-state index contributed by atoms with van der Waals surface area (Å²) in [6, 6.07) is 20.3. The number of carbonyl (C=O) groups is 3. The van der Waals surface area contributed by atoms with Crippen molar-refractivity contribution in [1.29, 1.82) is 0 Å². The van der Waals surface area contributed by atoms with Gasteiger partial charge in [0.1, 0.15) is 0 Å². The molecule has 0 aliphatic carbocycles. The van der Waals surface area contributed by atoms with Gasteiger partial charge in [-0.2, -0.15) is 0 Å². The lowest BCUT2D eigenvalue weighted by Gasteiger charge is -2.31. The first-order valence-electron chi connectivity index (χ1n) is 10.9. The van der Waals surface area contributed by atoms with Gasteiger partial charge >= 0.3 is 5.97 Å². The Bertz CT molecular complexity index is 1130. The van der Waals surface area contributed by atoms with Crippen molar-refractivity contribution in [3.8, 4) is 0 Å². The second kappa shape index (κ2) is 9.64. The number of esters is 1. The monoisotopic (exact) mass is 430 g/mol. The van der Waals surface area contributed by atoms with E-state index < -0.39 is 0 Å². The van der Waals surface area contributed by atoms with E-state index in [0.717, 1.165) is 10.8 Å². The molecule has 6 heteroatoms. The summed E-state index contributed by atoms with van der Waals surface area (Å²) in [5, 5.41) is 4.91. The van der Waals surface area contributed by atoms with Crippen LogP contribution < -0.4 is 5.32 Å². The van der Waals surface area contributed by atoms with Crippen LogP contribution >= 0.6 is 0 Å². The van der Waals surface area contributed by atoms with Gasteiger partial charge in [-0.25, -0.2) is 4.79 Å². The standard InChI is InChI=1S/C26H26N2O4/c1-2-32-26(31)20-10-12-21(13-11-20)27-24(29)19-14-16-28(17-15-19)25(30)23-9-5-7-18-6-3-4-8-22(18)23/h3-13,19H,2,14-17H2,1H3,(H,27,29). The Hall–Kier alpha value is -3.67. The van der Waals surface area contributed by atoms with Crippen molar-refractivity contribution in [3.05, 3.63) is 77.9 Å². The van der Waals surface area contributed by atoms with Crippen molar-refractivity contribution in [3.63, 3.8) is 0 Å². The summed E-state index contributed by atoms with van der Waals surface area (Å²) in [7, 11) is 0. The molecule has 1 N–H and O–H groups in total. The van der Waals surface area contributed by atoms with Gasteiger partial charge < -0.3 is 15.0 Å². The van der Waals surface area contributed by atoms with E-state index in [1.54, 1.807) is 31.2 Å². The van der Waals surface area contributed by atoms with E-state index in [1.165, 1.54) is 0 Å². The highest BCUT2D eigenvalue weighted by Gasteiger charge is 2.28. The zero-order valence-electron chi connectivity index (χ0n) is 18.0. The fourth-order valence-electron chi connectivity index (χ4n) is 4.08. The van der Waals surface area contributed by atoms with Crippen molar-refractivity contribution in [1.82, 2.24) is 4.90 Å². The second-order valence-electron chi connectivity index (χ2n) is 7.88. The third kappa shape index (κ3) is 4.64. The molecule has 0 saturated carbocycles. The third-order valence-electron chi connectivity index (χ3n) is 5.84. The van der Waals surface area contributed by atoms with Crippen LogP contribution in [0.2, 0.25) is 0 Å². The van der Waals surface area contributed by atoms with Crippen molar-refractivity contribution in [2.45, 2.75) is 19.8 Å². The lowest BCUT2D eigenvalue weighted by atomic mass is 9.94. The van der Waals surface area contributed by atoms with Crippen LogP contribution in [0.25, 0.3) is 10.8 Å². The Morgan fingerprint density at radius 2 is 1.62 bits per heavy atom. The van der Waals surface area contributed by atoms with E-state index in [9.17, 15) is 14.4 Å². The average Bonchev–Trinajstić information content (AvgIpc) is 2.84. The number of likely N-dealkylation sites (tertiary alicyclic amines) is 1. The Balaban J connectivity index is 1.34. The molecule has 0 radical (unpaired) electrons. The minimum Gasteiger partial charge on any atom is -0.462 e. The van der Waals surface area contributed by atoms with Crippen molar-refractivity contribution >= 4 is 34.2 Å². The number of nitrogens with one attached hydrogen (secondary N) is 1. The number of fused-ring (bicyclic) bond motifs is 1. The molecular weight excluding hydrogens is 404 g/mol. The van der Waals surface area contributed by atoms with E-state index in [0.29, 0.717) is 49.4 Å². The first-order valence-corrected chi connectivity index (χ1v) is 10.9. The van der Waals surface area contributed by atoms with Crippen molar-refractivity contribution in [2.75, 3.05) is 25.0 Å². The van der Waals surface area contributed by atoms with Gasteiger partial charge in [0.15, 0.2) is 0 Å². The summed E-state index contributed by atoms with van der Waals surface area (Å²) in [4.78, 5) is 39.4. The van der Waals surface area contributed by atoms with Crippen molar-refractivity contribution in [2.24, 2.45) is 5.92 Å². The van der Waals surface area contributed by atoms with Gasteiger partial charge in [-0.1, -0.05) is 36.4 Å². The second-order valence-corrected chi connectivity index (χ2v) is 7.88. The molecule has 1 heterocycles. The molecule has 4 rings (SSSR count). The Morgan fingerprint density at radius 3 is 2.34 bits per heavy atom.